The monoisotopic (exact) mass is 285 g/mol. The van der Waals surface area contributed by atoms with Gasteiger partial charge in [-0.1, -0.05) is 28.4 Å². The fourth-order valence-electron chi connectivity index (χ4n) is 1.34. The molecule has 0 aliphatic rings. The van der Waals surface area contributed by atoms with E-state index in [4.69, 9.17) is 27.7 Å². The third kappa shape index (κ3) is 3.21. The number of rotatable bonds is 3. The van der Waals surface area contributed by atoms with E-state index in [2.05, 4.69) is 15.5 Å². The molecule has 1 N–H and O–H groups in total. The molecule has 0 bridgehead atoms. The van der Waals surface area contributed by atoms with Crippen molar-refractivity contribution in [3.8, 4) is 0 Å². The molecule has 1 amide bonds. The summed E-state index contributed by atoms with van der Waals surface area (Å²) in [6.45, 7) is 1.66. The van der Waals surface area contributed by atoms with Gasteiger partial charge in [0.05, 0.1) is 17.1 Å². The SMILES string of the molecule is Cc1nc(CC(=O)Nc2cc(Cl)ccc2Cl)no1. The van der Waals surface area contributed by atoms with Crippen LogP contribution in [-0.2, 0) is 11.2 Å². The topological polar surface area (TPSA) is 68.0 Å². The lowest BCUT2D eigenvalue weighted by molar-refractivity contribution is -0.115. The molecule has 0 aliphatic heterocycles. The highest BCUT2D eigenvalue weighted by Gasteiger charge is 2.11. The Morgan fingerprint density at radius 2 is 2.22 bits per heavy atom. The highest BCUT2D eigenvalue weighted by molar-refractivity contribution is 6.35. The molecule has 0 unspecified atom stereocenters. The summed E-state index contributed by atoms with van der Waals surface area (Å²) < 4.78 is 4.77. The van der Waals surface area contributed by atoms with E-state index in [1.165, 1.54) is 0 Å². The van der Waals surface area contributed by atoms with E-state index in [0.29, 0.717) is 27.4 Å². The Balaban J connectivity index is 2.05. The normalized spacial score (nSPS) is 10.4. The zero-order valence-electron chi connectivity index (χ0n) is 9.41. The number of nitrogens with zero attached hydrogens (tertiary/aromatic N) is 2. The number of carbonyl (C=O) groups excluding carboxylic acids is 1. The molecule has 0 saturated heterocycles. The highest BCUT2D eigenvalue weighted by atomic mass is 35.5. The van der Waals surface area contributed by atoms with Crippen LogP contribution in [0.1, 0.15) is 11.7 Å². The van der Waals surface area contributed by atoms with Gasteiger partial charge in [-0.15, -0.1) is 0 Å². The number of hydrogen-bond donors (Lipinski definition) is 1. The van der Waals surface area contributed by atoms with Gasteiger partial charge in [-0.2, -0.15) is 4.98 Å². The first-order valence-corrected chi connectivity index (χ1v) is 5.84. The van der Waals surface area contributed by atoms with Crippen molar-refractivity contribution < 1.29 is 9.32 Å². The lowest BCUT2D eigenvalue weighted by Gasteiger charge is -2.06. The molecule has 2 aromatic rings. The molecule has 0 aliphatic carbocycles. The smallest absolute Gasteiger partial charge is 0.232 e. The number of halogens is 2. The van der Waals surface area contributed by atoms with Crippen molar-refractivity contribution in [1.82, 2.24) is 10.1 Å². The molecule has 5 nitrogen and oxygen atoms in total. The number of hydrogen-bond acceptors (Lipinski definition) is 4. The molecule has 1 aromatic carbocycles. The summed E-state index contributed by atoms with van der Waals surface area (Å²) in [7, 11) is 0. The van der Waals surface area contributed by atoms with E-state index in [1.54, 1.807) is 25.1 Å². The molecule has 1 aromatic heterocycles. The van der Waals surface area contributed by atoms with E-state index in [9.17, 15) is 4.79 Å². The van der Waals surface area contributed by atoms with Crippen molar-refractivity contribution in [2.75, 3.05) is 5.32 Å². The zero-order valence-corrected chi connectivity index (χ0v) is 10.9. The Hall–Kier alpha value is -1.59. The first kappa shape index (κ1) is 12.9. The van der Waals surface area contributed by atoms with Crippen molar-refractivity contribution in [1.29, 1.82) is 0 Å². The number of aryl methyl sites for hydroxylation is 1. The van der Waals surface area contributed by atoms with Crippen LogP contribution in [-0.4, -0.2) is 16.0 Å². The fourth-order valence-corrected chi connectivity index (χ4v) is 1.68. The summed E-state index contributed by atoms with van der Waals surface area (Å²) in [5.41, 5.74) is 0.453. The molecule has 7 heteroatoms. The van der Waals surface area contributed by atoms with Crippen LogP contribution in [0.5, 0.6) is 0 Å². The van der Waals surface area contributed by atoms with Crippen molar-refractivity contribution in [3.05, 3.63) is 40.0 Å². The minimum atomic E-state index is -0.292. The largest absolute Gasteiger partial charge is 0.340 e. The fraction of sp³-hybridized carbons (Fsp3) is 0.182. The standard InChI is InChI=1S/C11H9Cl2N3O2/c1-6-14-10(16-18-6)5-11(17)15-9-4-7(12)2-3-8(9)13/h2-4H,5H2,1H3,(H,15,17). The Bertz CT molecular complexity index is 583. The Labute approximate surface area is 113 Å². The zero-order chi connectivity index (χ0) is 13.1. The van der Waals surface area contributed by atoms with Gasteiger partial charge in [0.2, 0.25) is 11.8 Å². The van der Waals surface area contributed by atoms with Gasteiger partial charge in [0.25, 0.3) is 0 Å². The van der Waals surface area contributed by atoms with E-state index in [1.807, 2.05) is 0 Å². The minimum Gasteiger partial charge on any atom is -0.340 e. The maximum absolute atomic E-state index is 11.7. The molecule has 0 fully saturated rings. The van der Waals surface area contributed by atoms with Gasteiger partial charge in [-0.05, 0) is 18.2 Å². The van der Waals surface area contributed by atoms with Crippen LogP contribution in [0.3, 0.4) is 0 Å². The number of nitrogens with one attached hydrogen (secondary N) is 1. The molecule has 1 heterocycles. The summed E-state index contributed by atoms with van der Waals surface area (Å²) in [5, 5.41) is 7.17. The molecular formula is C11H9Cl2N3O2. The molecule has 0 atom stereocenters. The van der Waals surface area contributed by atoms with Crippen molar-refractivity contribution in [2.45, 2.75) is 13.3 Å². The van der Waals surface area contributed by atoms with Crippen molar-refractivity contribution in [3.63, 3.8) is 0 Å². The third-order valence-electron chi connectivity index (χ3n) is 2.09. The van der Waals surface area contributed by atoms with Crippen molar-refractivity contribution >= 4 is 34.8 Å². The molecule has 0 radical (unpaired) electrons. The van der Waals surface area contributed by atoms with Gasteiger partial charge < -0.3 is 9.84 Å². The first-order chi connectivity index (χ1) is 8.54. The first-order valence-electron chi connectivity index (χ1n) is 5.08. The number of benzene rings is 1. The quantitative estimate of drug-likeness (QED) is 0.942. The van der Waals surface area contributed by atoms with Crippen LogP contribution in [0.25, 0.3) is 0 Å². The van der Waals surface area contributed by atoms with E-state index in [-0.39, 0.29) is 12.3 Å². The maximum atomic E-state index is 11.7. The molecular weight excluding hydrogens is 277 g/mol. The maximum Gasteiger partial charge on any atom is 0.232 e. The second kappa shape index (κ2) is 5.37. The number of anilines is 1. The third-order valence-corrected chi connectivity index (χ3v) is 2.66. The van der Waals surface area contributed by atoms with Crippen molar-refractivity contribution in [2.24, 2.45) is 0 Å². The van der Waals surface area contributed by atoms with Crippen LogP contribution < -0.4 is 5.32 Å². The van der Waals surface area contributed by atoms with Crippen LogP contribution >= 0.6 is 23.2 Å². The molecule has 0 saturated carbocycles. The Kier molecular flexibility index (Phi) is 3.84. The second-order valence-electron chi connectivity index (χ2n) is 3.58. The van der Waals surface area contributed by atoms with E-state index in [0.717, 1.165) is 0 Å². The number of amides is 1. The lowest BCUT2D eigenvalue weighted by atomic mass is 10.3. The van der Waals surface area contributed by atoms with Gasteiger partial charge in [-0.25, -0.2) is 0 Å². The molecule has 94 valence electrons. The van der Waals surface area contributed by atoms with E-state index >= 15 is 0 Å². The summed E-state index contributed by atoms with van der Waals surface area (Å²) >= 11 is 11.7. The lowest BCUT2D eigenvalue weighted by Crippen LogP contribution is -2.15. The summed E-state index contributed by atoms with van der Waals surface area (Å²) in [6.07, 6.45) is 0.0141. The molecule has 2 rings (SSSR count). The average molecular weight is 286 g/mol. The summed E-state index contributed by atoms with van der Waals surface area (Å²) in [5.74, 6) is 0.446. The van der Waals surface area contributed by atoms with Gasteiger partial charge in [0.1, 0.15) is 0 Å². The second-order valence-corrected chi connectivity index (χ2v) is 4.42. The van der Waals surface area contributed by atoms with Gasteiger partial charge in [-0.3, -0.25) is 4.79 Å². The van der Waals surface area contributed by atoms with E-state index < -0.39 is 0 Å². The van der Waals surface area contributed by atoms with Crippen LogP contribution in [0.4, 0.5) is 5.69 Å². The summed E-state index contributed by atoms with van der Waals surface area (Å²) in [6, 6.07) is 4.82. The Morgan fingerprint density at radius 3 is 2.89 bits per heavy atom. The Morgan fingerprint density at radius 1 is 1.44 bits per heavy atom. The summed E-state index contributed by atoms with van der Waals surface area (Å²) in [4.78, 5) is 15.7. The predicted molar refractivity (Wildman–Crippen MR) is 67.8 cm³/mol. The van der Waals surface area contributed by atoms with Gasteiger partial charge in [0.15, 0.2) is 5.82 Å². The highest BCUT2D eigenvalue weighted by Crippen LogP contribution is 2.25. The number of aromatic nitrogens is 2. The minimum absolute atomic E-state index is 0.0141. The molecule has 0 spiro atoms. The molecule has 18 heavy (non-hydrogen) atoms. The predicted octanol–water partition coefficient (Wildman–Crippen LogP) is 2.87. The van der Waals surface area contributed by atoms with Gasteiger partial charge >= 0.3 is 0 Å². The number of carbonyl (C=O) groups is 1. The average Bonchev–Trinajstić information content (AvgIpc) is 2.69. The van der Waals surface area contributed by atoms with Crippen LogP contribution in [0.15, 0.2) is 22.7 Å². The van der Waals surface area contributed by atoms with Gasteiger partial charge in [0, 0.05) is 11.9 Å². The van der Waals surface area contributed by atoms with Crippen LogP contribution in [0.2, 0.25) is 10.0 Å². The van der Waals surface area contributed by atoms with Crippen LogP contribution in [0, 0.1) is 6.92 Å².